The molecule has 0 radical (unpaired) electrons. The zero-order chi connectivity index (χ0) is 8.10. The fraction of sp³-hybridized carbons (Fsp3) is 0.800. The number of allylic oxidation sites excluding steroid dienone is 2. The molecule has 0 aromatic rings. The third kappa shape index (κ3) is 3.06. The van der Waals surface area contributed by atoms with Gasteiger partial charge in [0.25, 0.3) is 0 Å². The molecule has 0 aromatic heterocycles. The molecule has 0 fully saturated rings. The van der Waals surface area contributed by atoms with E-state index in [-0.39, 0.29) is 0 Å². The summed E-state index contributed by atoms with van der Waals surface area (Å²) in [4.78, 5) is 0. The Bertz CT molecular complexity index is 138. The van der Waals surface area contributed by atoms with Gasteiger partial charge in [-0.2, -0.15) is 0 Å². The lowest BCUT2D eigenvalue weighted by atomic mass is 9.88. The molecular formula is C10H18O. The van der Waals surface area contributed by atoms with Crippen LogP contribution in [0, 0.1) is 5.92 Å². The van der Waals surface area contributed by atoms with E-state index >= 15 is 0 Å². The highest BCUT2D eigenvalue weighted by Crippen LogP contribution is 2.25. The molecule has 0 aliphatic heterocycles. The van der Waals surface area contributed by atoms with E-state index in [1.54, 1.807) is 5.57 Å². The minimum Gasteiger partial charge on any atom is -0.396 e. The van der Waals surface area contributed by atoms with Gasteiger partial charge in [0.05, 0.1) is 0 Å². The maximum atomic E-state index is 8.64. The van der Waals surface area contributed by atoms with E-state index in [4.69, 9.17) is 5.11 Å². The smallest absolute Gasteiger partial charge is 0.0434 e. The van der Waals surface area contributed by atoms with Gasteiger partial charge in [0.1, 0.15) is 0 Å². The van der Waals surface area contributed by atoms with E-state index < -0.39 is 0 Å². The van der Waals surface area contributed by atoms with Gasteiger partial charge in [-0.1, -0.05) is 18.6 Å². The van der Waals surface area contributed by atoms with Gasteiger partial charge in [-0.15, -0.1) is 0 Å². The Labute approximate surface area is 69.1 Å². The lowest BCUT2D eigenvalue weighted by Gasteiger charge is -2.18. The van der Waals surface area contributed by atoms with Crippen LogP contribution in [0.1, 0.15) is 39.0 Å². The molecule has 11 heavy (non-hydrogen) atoms. The van der Waals surface area contributed by atoms with Crippen molar-refractivity contribution >= 4 is 0 Å². The average Bonchev–Trinajstić information content (AvgIpc) is 2.01. The number of aliphatic hydroxyl groups is 1. The van der Waals surface area contributed by atoms with Crippen molar-refractivity contribution in [1.82, 2.24) is 0 Å². The van der Waals surface area contributed by atoms with Crippen LogP contribution < -0.4 is 0 Å². The molecule has 1 heteroatoms. The van der Waals surface area contributed by atoms with Crippen molar-refractivity contribution in [3.05, 3.63) is 11.6 Å². The molecule has 0 heterocycles. The van der Waals surface area contributed by atoms with Gasteiger partial charge in [-0.05, 0) is 38.0 Å². The largest absolute Gasteiger partial charge is 0.396 e. The zero-order valence-corrected chi connectivity index (χ0v) is 7.34. The van der Waals surface area contributed by atoms with Gasteiger partial charge < -0.3 is 5.11 Å². The highest BCUT2D eigenvalue weighted by atomic mass is 16.2. The van der Waals surface area contributed by atoms with Crippen molar-refractivity contribution in [3.8, 4) is 0 Å². The molecule has 1 aliphatic carbocycles. The summed E-state index contributed by atoms with van der Waals surface area (Å²) in [6.07, 6.45) is 8.28. The molecule has 0 amide bonds. The first-order valence-corrected chi connectivity index (χ1v) is 4.61. The SMILES string of the molecule is CC1CCC=C(CCCO)C1. The number of hydrogen-bond acceptors (Lipinski definition) is 1. The first-order valence-electron chi connectivity index (χ1n) is 4.61. The van der Waals surface area contributed by atoms with Gasteiger partial charge in [0.2, 0.25) is 0 Å². The summed E-state index contributed by atoms with van der Waals surface area (Å²) in [5, 5.41) is 8.64. The van der Waals surface area contributed by atoms with Gasteiger partial charge in [-0.25, -0.2) is 0 Å². The van der Waals surface area contributed by atoms with E-state index in [1.165, 1.54) is 19.3 Å². The van der Waals surface area contributed by atoms with E-state index in [9.17, 15) is 0 Å². The van der Waals surface area contributed by atoms with Crippen LogP contribution in [-0.4, -0.2) is 11.7 Å². The Morgan fingerprint density at radius 2 is 2.45 bits per heavy atom. The molecule has 1 atom stereocenters. The molecule has 0 saturated carbocycles. The summed E-state index contributed by atoms with van der Waals surface area (Å²) >= 11 is 0. The minimum atomic E-state index is 0.339. The van der Waals surface area contributed by atoms with Gasteiger partial charge in [-0.3, -0.25) is 0 Å². The topological polar surface area (TPSA) is 20.2 Å². The third-order valence-electron chi connectivity index (χ3n) is 2.36. The van der Waals surface area contributed by atoms with Crippen LogP contribution in [-0.2, 0) is 0 Å². The highest BCUT2D eigenvalue weighted by molar-refractivity contribution is 5.06. The molecule has 0 saturated heterocycles. The molecular weight excluding hydrogens is 136 g/mol. The van der Waals surface area contributed by atoms with E-state index in [0.29, 0.717) is 6.61 Å². The fourth-order valence-corrected chi connectivity index (χ4v) is 1.72. The maximum absolute atomic E-state index is 8.64. The van der Waals surface area contributed by atoms with Crippen molar-refractivity contribution in [2.75, 3.05) is 6.61 Å². The minimum absolute atomic E-state index is 0.339. The highest BCUT2D eigenvalue weighted by Gasteiger charge is 2.09. The van der Waals surface area contributed by atoms with Crippen molar-refractivity contribution < 1.29 is 5.11 Å². The maximum Gasteiger partial charge on any atom is 0.0434 e. The zero-order valence-electron chi connectivity index (χ0n) is 7.34. The van der Waals surface area contributed by atoms with Crippen LogP contribution in [0.2, 0.25) is 0 Å². The Morgan fingerprint density at radius 3 is 3.09 bits per heavy atom. The van der Waals surface area contributed by atoms with Crippen molar-refractivity contribution in [1.29, 1.82) is 0 Å². The Hall–Kier alpha value is -0.300. The summed E-state index contributed by atoms with van der Waals surface area (Å²) in [7, 11) is 0. The van der Waals surface area contributed by atoms with Crippen molar-refractivity contribution in [2.24, 2.45) is 5.92 Å². The van der Waals surface area contributed by atoms with Gasteiger partial charge in [0.15, 0.2) is 0 Å². The third-order valence-corrected chi connectivity index (χ3v) is 2.36. The van der Waals surface area contributed by atoms with E-state index in [0.717, 1.165) is 18.8 Å². The average molecular weight is 154 g/mol. The first kappa shape index (κ1) is 8.79. The summed E-state index contributed by atoms with van der Waals surface area (Å²) in [5.41, 5.74) is 1.57. The molecule has 64 valence electrons. The summed E-state index contributed by atoms with van der Waals surface area (Å²) < 4.78 is 0. The Kier molecular flexibility index (Phi) is 3.64. The molecule has 0 aromatic carbocycles. The second-order valence-corrected chi connectivity index (χ2v) is 3.58. The summed E-state index contributed by atoms with van der Waals surface area (Å²) in [6, 6.07) is 0. The molecule has 0 bridgehead atoms. The predicted molar refractivity (Wildman–Crippen MR) is 47.4 cm³/mol. The molecule has 1 nitrogen and oxygen atoms in total. The second-order valence-electron chi connectivity index (χ2n) is 3.58. The van der Waals surface area contributed by atoms with Crippen LogP contribution in [0.25, 0.3) is 0 Å². The van der Waals surface area contributed by atoms with E-state index in [1.807, 2.05) is 0 Å². The van der Waals surface area contributed by atoms with Crippen LogP contribution in [0.15, 0.2) is 11.6 Å². The number of rotatable bonds is 3. The normalized spacial score (nSPS) is 24.9. The van der Waals surface area contributed by atoms with Crippen molar-refractivity contribution in [2.45, 2.75) is 39.0 Å². The van der Waals surface area contributed by atoms with E-state index in [2.05, 4.69) is 13.0 Å². The van der Waals surface area contributed by atoms with Crippen LogP contribution in [0.5, 0.6) is 0 Å². The molecule has 1 unspecified atom stereocenters. The Morgan fingerprint density at radius 1 is 1.64 bits per heavy atom. The quantitative estimate of drug-likeness (QED) is 0.619. The lowest BCUT2D eigenvalue weighted by Crippen LogP contribution is -2.02. The number of hydrogen-bond donors (Lipinski definition) is 1. The predicted octanol–water partition coefficient (Wildman–Crippen LogP) is 2.51. The number of aliphatic hydroxyl groups excluding tert-OH is 1. The molecule has 1 rings (SSSR count). The summed E-state index contributed by atoms with van der Waals surface area (Å²) in [5.74, 6) is 0.869. The molecule has 1 aliphatic rings. The van der Waals surface area contributed by atoms with Crippen LogP contribution >= 0.6 is 0 Å². The molecule has 0 spiro atoms. The van der Waals surface area contributed by atoms with Gasteiger partial charge in [0, 0.05) is 6.61 Å². The fourth-order valence-electron chi connectivity index (χ4n) is 1.72. The van der Waals surface area contributed by atoms with Crippen molar-refractivity contribution in [3.63, 3.8) is 0 Å². The summed E-state index contributed by atoms with van der Waals surface area (Å²) in [6.45, 7) is 2.65. The van der Waals surface area contributed by atoms with Crippen LogP contribution in [0.4, 0.5) is 0 Å². The first-order chi connectivity index (χ1) is 5.33. The Balaban J connectivity index is 2.27. The lowest BCUT2D eigenvalue weighted by molar-refractivity contribution is 0.287. The molecule has 1 N–H and O–H groups in total. The standard InChI is InChI=1S/C10H18O/c1-9-4-2-5-10(8-9)6-3-7-11/h5,9,11H,2-4,6-8H2,1H3. The van der Waals surface area contributed by atoms with Gasteiger partial charge >= 0.3 is 0 Å². The second kappa shape index (κ2) is 4.55. The van der Waals surface area contributed by atoms with Crippen LogP contribution in [0.3, 0.4) is 0 Å². The monoisotopic (exact) mass is 154 g/mol.